The Morgan fingerprint density at radius 1 is 0.909 bits per heavy atom. The Morgan fingerprint density at radius 3 is 2.50 bits per heavy atom. The normalized spacial score (nSPS) is 11.2. The fourth-order valence-electron chi connectivity index (χ4n) is 2.60. The van der Waals surface area contributed by atoms with Gasteiger partial charge in [-0.3, -0.25) is 5.10 Å². The minimum atomic E-state index is 0.815. The topological polar surface area (TPSA) is 57.4 Å². The predicted octanol–water partition coefficient (Wildman–Crippen LogP) is 4.24. The lowest BCUT2D eigenvalue weighted by Gasteiger charge is -1.97. The van der Waals surface area contributed by atoms with Crippen molar-refractivity contribution in [3.05, 3.63) is 59.7 Å². The molecule has 22 heavy (non-hydrogen) atoms. The van der Waals surface area contributed by atoms with Crippen LogP contribution >= 0.6 is 0 Å². The summed E-state index contributed by atoms with van der Waals surface area (Å²) >= 11 is 0. The molecule has 4 nitrogen and oxygen atoms in total. The molecule has 0 aliphatic carbocycles. The van der Waals surface area contributed by atoms with Crippen LogP contribution in [0.4, 0.5) is 0 Å². The summed E-state index contributed by atoms with van der Waals surface area (Å²) in [4.78, 5) is 8.03. The molecule has 4 aromatic rings. The van der Waals surface area contributed by atoms with Crippen molar-refractivity contribution in [1.82, 2.24) is 20.2 Å². The van der Waals surface area contributed by atoms with E-state index in [4.69, 9.17) is 0 Å². The summed E-state index contributed by atoms with van der Waals surface area (Å²) in [6.45, 7) is 4.21. The Hall–Kier alpha value is -2.88. The van der Waals surface area contributed by atoms with Gasteiger partial charge in [0.2, 0.25) is 0 Å². The summed E-state index contributed by atoms with van der Waals surface area (Å²) < 4.78 is 0. The van der Waals surface area contributed by atoms with Gasteiger partial charge in [0, 0.05) is 5.56 Å². The first-order chi connectivity index (χ1) is 10.7. The first kappa shape index (κ1) is 12.8. The lowest BCUT2D eigenvalue weighted by atomic mass is 10.1. The number of aromatic nitrogens is 4. The first-order valence-corrected chi connectivity index (χ1v) is 7.29. The molecule has 0 bridgehead atoms. The lowest BCUT2D eigenvalue weighted by Crippen LogP contribution is -1.79. The van der Waals surface area contributed by atoms with Crippen LogP contribution in [0.25, 0.3) is 33.8 Å². The number of H-pyrrole nitrogens is 2. The molecule has 0 amide bonds. The van der Waals surface area contributed by atoms with E-state index >= 15 is 0 Å². The van der Waals surface area contributed by atoms with Crippen molar-refractivity contribution in [2.45, 2.75) is 13.8 Å². The molecule has 0 saturated heterocycles. The van der Waals surface area contributed by atoms with Gasteiger partial charge in [0.15, 0.2) is 5.82 Å². The smallest absolute Gasteiger partial charge is 0.156 e. The molecule has 4 heteroatoms. The fourth-order valence-corrected chi connectivity index (χ4v) is 2.60. The Morgan fingerprint density at radius 2 is 1.68 bits per heavy atom. The van der Waals surface area contributed by atoms with Crippen LogP contribution in [-0.2, 0) is 0 Å². The Balaban J connectivity index is 1.78. The number of rotatable bonds is 2. The van der Waals surface area contributed by atoms with Gasteiger partial charge in [-0.15, -0.1) is 0 Å². The monoisotopic (exact) mass is 288 g/mol. The van der Waals surface area contributed by atoms with E-state index in [1.165, 1.54) is 11.1 Å². The van der Waals surface area contributed by atoms with Crippen molar-refractivity contribution in [3.8, 4) is 22.8 Å². The molecule has 0 fully saturated rings. The van der Waals surface area contributed by atoms with E-state index in [0.29, 0.717) is 0 Å². The molecule has 0 radical (unpaired) electrons. The van der Waals surface area contributed by atoms with E-state index < -0.39 is 0 Å². The molecule has 2 aromatic heterocycles. The number of hydrogen-bond acceptors (Lipinski definition) is 2. The molecule has 0 spiro atoms. The molecule has 0 saturated carbocycles. The second-order valence-electron chi connectivity index (χ2n) is 5.57. The molecule has 0 unspecified atom stereocenters. The van der Waals surface area contributed by atoms with Gasteiger partial charge >= 0.3 is 0 Å². The van der Waals surface area contributed by atoms with E-state index in [0.717, 1.165) is 33.8 Å². The fraction of sp³-hybridized carbons (Fsp3) is 0.111. The van der Waals surface area contributed by atoms with Gasteiger partial charge in [-0.25, -0.2) is 4.98 Å². The molecule has 0 aliphatic heterocycles. The van der Waals surface area contributed by atoms with Gasteiger partial charge in [0.25, 0.3) is 0 Å². The summed E-state index contributed by atoms with van der Waals surface area (Å²) in [6, 6.07) is 16.4. The zero-order valence-electron chi connectivity index (χ0n) is 12.5. The second-order valence-corrected chi connectivity index (χ2v) is 5.57. The summed E-state index contributed by atoms with van der Waals surface area (Å²) in [6.07, 6.45) is 0. The highest BCUT2D eigenvalue weighted by atomic mass is 15.1. The molecule has 2 N–H and O–H groups in total. The van der Waals surface area contributed by atoms with Gasteiger partial charge in [-0.1, -0.05) is 30.3 Å². The number of benzene rings is 2. The molecule has 2 heterocycles. The van der Waals surface area contributed by atoms with E-state index in [-0.39, 0.29) is 0 Å². The van der Waals surface area contributed by atoms with Crippen LogP contribution in [0.15, 0.2) is 48.5 Å². The average Bonchev–Trinajstić information content (AvgIpc) is 3.15. The van der Waals surface area contributed by atoms with Crippen LogP contribution in [0.3, 0.4) is 0 Å². The van der Waals surface area contributed by atoms with Crippen molar-refractivity contribution >= 4 is 11.0 Å². The number of hydrogen-bond donors (Lipinski definition) is 2. The molecule has 108 valence electrons. The van der Waals surface area contributed by atoms with Gasteiger partial charge in [-0.05, 0) is 43.2 Å². The van der Waals surface area contributed by atoms with Crippen molar-refractivity contribution < 1.29 is 0 Å². The van der Waals surface area contributed by atoms with E-state index in [1.807, 2.05) is 36.4 Å². The molecule has 0 atom stereocenters. The van der Waals surface area contributed by atoms with Crippen molar-refractivity contribution in [2.75, 3.05) is 0 Å². The zero-order chi connectivity index (χ0) is 15.1. The van der Waals surface area contributed by atoms with E-state index in [2.05, 4.69) is 46.1 Å². The van der Waals surface area contributed by atoms with Crippen molar-refractivity contribution in [3.63, 3.8) is 0 Å². The highest BCUT2D eigenvalue weighted by Gasteiger charge is 2.10. The van der Waals surface area contributed by atoms with Crippen molar-refractivity contribution in [1.29, 1.82) is 0 Å². The first-order valence-electron chi connectivity index (χ1n) is 7.29. The zero-order valence-corrected chi connectivity index (χ0v) is 12.5. The van der Waals surface area contributed by atoms with E-state index in [9.17, 15) is 0 Å². The molecule has 2 aromatic carbocycles. The molecule has 4 rings (SSSR count). The summed E-state index contributed by atoms with van der Waals surface area (Å²) in [7, 11) is 0. The Kier molecular flexibility index (Phi) is 2.82. The molecule has 0 aliphatic rings. The van der Waals surface area contributed by atoms with Crippen LogP contribution in [-0.4, -0.2) is 20.2 Å². The number of aromatic amines is 2. The highest BCUT2D eigenvalue weighted by molar-refractivity contribution is 5.81. The van der Waals surface area contributed by atoms with E-state index in [1.54, 1.807) is 0 Å². The minimum absolute atomic E-state index is 0.815. The number of nitrogens with zero attached hydrogens (tertiary/aromatic N) is 2. The van der Waals surface area contributed by atoms with Crippen LogP contribution in [0.5, 0.6) is 0 Å². The maximum atomic E-state index is 4.67. The third-order valence-electron chi connectivity index (χ3n) is 4.00. The maximum absolute atomic E-state index is 4.67. The summed E-state index contributed by atoms with van der Waals surface area (Å²) in [5.74, 6) is 0.815. The summed E-state index contributed by atoms with van der Waals surface area (Å²) in [5.41, 5.74) is 7.45. The largest absolute Gasteiger partial charge is 0.337 e. The highest BCUT2D eigenvalue weighted by Crippen LogP contribution is 2.25. The van der Waals surface area contributed by atoms with Gasteiger partial charge in [-0.2, -0.15) is 5.10 Å². The Bertz CT molecular complexity index is 909. The maximum Gasteiger partial charge on any atom is 0.156 e. The van der Waals surface area contributed by atoms with Gasteiger partial charge in [0.05, 0.1) is 16.7 Å². The van der Waals surface area contributed by atoms with Crippen LogP contribution in [0.2, 0.25) is 0 Å². The molecular weight excluding hydrogens is 272 g/mol. The predicted molar refractivity (Wildman–Crippen MR) is 88.6 cm³/mol. The van der Waals surface area contributed by atoms with Crippen LogP contribution < -0.4 is 0 Å². The van der Waals surface area contributed by atoms with Crippen molar-refractivity contribution in [2.24, 2.45) is 0 Å². The van der Waals surface area contributed by atoms with Gasteiger partial charge < -0.3 is 4.98 Å². The second kappa shape index (κ2) is 4.84. The Labute approximate surface area is 128 Å². The SMILES string of the molecule is Cc1cc2nc(-c3cc(-c4ccccc4)n[nH]3)[nH]c2cc1C. The standard InChI is InChI=1S/C18H16N4/c1-11-8-15-16(9-12(11)2)20-18(19-15)17-10-14(21-22-17)13-6-4-3-5-7-13/h3-10H,1-2H3,(H,19,20)(H,21,22). The number of fused-ring (bicyclic) bond motifs is 1. The summed E-state index contributed by atoms with van der Waals surface area (Å²) in [5, 5.41) is 7.45. The molecular formula is C18H16N4. The third kappa shape index (κ3) is 2.09. The van der Waals surface area contributed by atoms with Crippen LogP contribution in [0.1, 0.15) is 11.1 Å². The number of nitrogens with one attached hydrogen (secondary N) is 2. The average molecular weight is 288 g/mol. The number of imidazole rings is 1. The lowest BCUT2D eigenvalue weighted by molar-refractivity contribution is 1.09. The third-order valence-corrected chi connectivity index (χ3v) is 4.00. The van der Waals surface area contributed by atoms with Gasteiger partial charge in [0.1, 0.15) is 5.69 Å². The minimum Gasteiger partial charge on any atom is -0.337 e. The quantitative estimate of drug-likeness (QED) is 0.579. The van der Waals surface area contributed by atoms with Crippen LogP contribution in [0, 0.1) is 13.8 Å². The number of aryl methyl sites for hydroxylation is 2.